The van der Waals surface area contributed by atoms with Gasteiger partial charge in [-0.15, -0.1) is 0 Å². The average Bonchev–Trinajstić information content (AvgIpc) is 2.68. The van der Waals surface area contributed by atoms with Gasteiger partial charge in [-0.05, 0) is 31.2 Å². The van der Waals surface area contributed by atoms with Gasteiger partial charge in [0.2, 0.25) is 5.91 Å². The number of para-hydroxylation sites is 2. The summed E-state index contributed by atoms with van der Waals surface area (Å²) in [6.45, 7) is 6.95. The number of nitrogens with zero attached hydrogens (tertiary/aromatic N) is 1. The second-order valence-electron chi connectivity index (χ2n) is 6.82. The molecule has 5 heteroatoms. The van der Waals surface area contributed by atoms with Crippen LogP contribution >= 0.6 is 0 Å². The maximum atomic E-state index is 12.2. The zero-order valence-corrected chi connectivity index (χ0v) is 15.6. The molecule has 0 saturated carbocycles. The minimum absolute atomic E-state index is 0.0912. The van der Waals surface area contributed by atoms with Gasteiger partial charge in [-0.2, -0.15) is 0 Å². The number of carbonyl (C=O) groups is 1. The van der Waals surface area contributed by atoms with Crippen molar-refractivity contribution in [2.24, 2.45) is 0 Å². The van der Waals surface area contributed by atoms with E-state index in [0.29, 0.717) is 6.42 Å². The fourth-order valence-electron chi connectivity index (χ4n) is 3.36. The first-order valence-corrected chi connectivity index (χ1v) is 9.24. The highest BCUT2D eigenvalue weighted by atomic mass is 16.5. The van der Waals surface area contributed by atoms with E-state index in [9.17, 15) is 4.79 Å². The molecule has 26 heavy (non-hydrogen) atoms. The lowest BCUT2D eigenvalue weighted by atomic mass is 10.2. The van der Waals surface area contributed by atoms with Crippen LogP contribution in [0.1, 0.15) is 12.0 Å². The number of amides is 1. The number of methoxy groups -OCH3 is 1. The smallest absolute Gasteiger partial charge is 0.230 e. The van der Waals surface area contributed by atoms with Gasteiger partial charge < -0.3 is 19.9 Å². The van der Waals surface area contributed by atoms with Gasteiger partial charge in [0.15, 0.2) is 0 Å². The summed E-state index contributed by atoms with van der Waals surface area (Å²) in [5.41, 5.74) is 3.23. The number of benzene rings is 2. The quantitative estimate of drug-likeness (QED) is 0.831. The summed E-state index contributed by atoms with van der Waals surface area (Å²) in [4.78, 5) is 16.0. The van der Waals surface area contributed by atoms with Crippen LogP contribution in [-0.2, 0) is 4.79 Å². The van der Waals surface area contributed by atoms with Crippen molar-refractivity contribution in [3.8, 4) is 5.75 Å². The molecular formula is C21H28N3O2+. The first-order chi connectivity index (χ1) is 12.7. The van der Waals surface area contributed by atoms with E-state index in [1.807, 2.05) is 49.4 Å². The Hall–Kier alpha value is -2.53. The highest BCUT2D eigenvalue weighted by Gasteiger charge is 2.22. The standard InChI is InChI=1S/C21H27N3O2/c1-17-7-9-18(10-8-17)22-21(25)11-12-23-13-15-24(16-14-23)19-5-3-4-6-20(19)26-2/h3-10H,11-16H2,1-2H3,(H,22,25)/p+1. The summed E-state index contributed by atoms with van der Waals surface area (Å²) in [5.74, 6) is 1.02. The summed E-state index contributed by atoms with van der Waals surface area (Å²) >= 11 is 0. The van der Waals surface area contributed by atoms with E-state index < -0.39 is 0 Å². The van der Waals surface area contributed by atoms with Gasteiger partial charge in [-0.3, -0.25) is 4.79 Å². The van der Waals surface area contributed by atoms with E-state index in [0.717, 1.165) is 49.8 Å². The van der Waals surface area contributed by atoms with Crippen molar-refractivity contribution in [1.82, 2.24) is 0 Å². The predicted molar refractivity (Wildman–Crippen MR) is 105 cm³/mol. The molecule has 1 amide bonds. The van der Waals surface area contributed by atoms with Gasteiger partial charge >= 0.3 is 0 Å². The van der Waals surface area contributed by atoms with Crippen molar-refractivity contribution in [3.05, 3.63) is 54.1 Å². The first kappa shape index (κ1) is 18.3. The minimum atomic E-state index is 0.0912. The zero-order valence-electron chi connectivity index (χ0n) is 15.6. The number of nitrogens with one attached hydrogen (secondary N) is 2. The van der Waals surface area contributed by atoms with Gasteiger partial charge in [-0.1, -0.05) is 29.8 Å². The van der Waals surface area contributed by atoms with Gasteiger partial charge in [0.05, 0.1) is 51.9 Å². The van der Waals surface area contributed by atoms with Crippen molar-refractivity contribution < 1.29 is 14.4 Å². The van der Waals surface area contributed by atoms with Crippen molar-refractivity contribution in [3.63, 3.8) is 0 Å². The molecule has 138 valence electrons. The van der Waals surface area contributed by atoms with Crippen LogP contribution in [0, 0.1) is 6.92 Å². The summed E-state index contributed by atoms with van der Waals surface area (Å²) in [5, 5.41) is 2.98. The highest BCUT2D eigenvalue weighted by Crippen LogP contribution is 2.27. The molecule has 2 N–H and O–H groups in total. The predicted octanol–water partition coefficient (Wildman–Crippen LogP) is 1.74. The maximum absolute atomic E-state index is 12.2. The lowest BCUT2D eigenvalue weighted by molar-refractivity contribution is -0.900. The third kappa shape index (κ3) is 4.76. The monoisotopic (exact) mass is 354 g/mol. The molecule has 0 bridgehead atoms. The Morgan fingerprint density at radius 3 is 2.50 bits per heavy atom. The highest BCUT2D eigenvalue weighted by molar-refractivity contribution is 5.90. The Kier molecular flexibility index (Phi) is 6.12. The summed E-state index contributed by atoms with van der Waals surface area (Å²) < 4.78 is 5.47. The zero-order chi connectivity index (χ0) is 18.4. The number of hydrogen-bond acceptors (Lipinski definition) is 3. The Bertz CT molecular complexity index is 722. The van der Waals surface area contributed by atoms with Crippen molar-refractivity contribution in [2.45, 2.75) is 13.3 Å². The van der Waals surface area contributed by atoms with Crippen LogP contribution in [0.25, 0.3) is 0 Å². The summed E-state index contributed by atoms with van der Waals surface area (Å²) in [6, 6.07) is 16.1. The second kappa shape index (κ2) is 8.72. The number of anilines is 2. The maximum Gasteiger partial charge on any atom is 0.230 e. The molecule has 0 spiro atoms. The number of aryl methyl sites for hydroxylation is 1. The molecule has 0 aromatic heterocycles. The van der Waals surface area contributed by atoms with E-state index in [1.165, 1.54) is 10.5 Å². The molecule has 5 nitrogen and oxygen atoms in total. The molecule has 1 aliphatic heterocycles. The number of quaternary nitrogens is 1. The Labute approximate surface area is 155 Å². The van der Waals surface area contributed by atoms with Crippen molar-refractivity contribution >= 4 is 17.3 Å². The second-order valence-corrected chi connectivity index (χ2v) is 6.82. The molecule has 3 rings (SSSR count). The molecule has 0 atom stereocenters. The summed E-state index contributed by atoms with van der Waals surface area (Å²) in [6.07, 6.45) is 0.553. The van der Waals surface area contributed by atoms with Crippen LogP contribution < -0.4 is 19.9 Å². The molecular weight excluding hydrogens is 326 g/mol. The van der Waals surface area contributed by atoms with Crippen LogP contribution in [-0.4, -0.2) is 45.7 Å². The van der Waals surface area contributed by atoms with Crippen molar-refractivity contribution in [2.75, 3.05) is 50.1 Å². The molecule has 1 saturated heterocycles. The molecule has 0 aliphatic carbocycles. The van der Waals surface area contributed by atoms with E-state index in [4.69, 9.17) is 4.74 Å². The number of ether oxygens (including phenoxy) is 1. The fourth-order valence-corrected chi connectivity index (χ4v) is 3.36. The van der Waals surface area contributed by atoms with Crippen LogP contribution in [0.3, 0.4) is 0 Å². The molecule has 1 heterocycles. The first-order valence-electron chi connectivity index (χ1n) is 9.24. The van der Waals surface area contributed by atoms with Gasteiger partial charge in [-0.25, -0.2) is 0 Å². The number of piperazine rings is 1. The lowest BCUT2D eigenvalue weighted by Crippen LogP contribution is -3.15. The Balaban J connectivity index is 1.44. The van der Waals surface area contributed by atoms with E-state index >= 15 is 0 Å². The molecule has 2 aromatic carbocycles. The van der Waals surface area contributed by atoms with E-state index in [2.05, 4.69) is 16.3 Å². The normalized spacial score (nSPS) is 14.9. The summed E-state index contributed by atoms with van der Waals surface area (Å²) in [7, 11) is 1.72. The fraction of sp³-hybridized carbons (Fsp3) is 0.381. The Morgan fingerprint density at radius 2 is 1.81 bits per heavy atom. The van der Waals surface area contributed by atoms with Crippen LogP contribution in [0.5, 0.6) is 5.75 Å². The SMILES string of the molecule is COc1ccccc1N1CC[NH+](CCC(=O)Nc2ccc(C)cc2)CC1. The third-order valence-corrected chi connectivity index (χ3v) is 4.94. The number of carbonyl (C=O) groups excluding carboxylic acids is 1. The van der Waals surface area contributed by atoms with E-state index in [-0.39, 0.29) is 5.91 Å². The van der Waals surface area contributed by atoms with Gasteiger partial charge in [0, 0.05) is 5.69 Å². The largest absolute Gasteiger partial charge is 0.495 e. The van der Waals surface area contributed by atoms with E-state index in [1.54, 1.807) is 7.11 Å². The molecule has 1 fully saturated rings. The molecule has 0 unspecified atom stereocenters. The third-order valence-electron chi connectivity index (χ3n) is 4.94. The number of rotatable bonds is 6. The Morgan fingerprint density at radius 1 is 1.12 bits per heavy atom. The van der Waals surface area contributed by atoms with Crippen LogP contribution in [0.2, 0.25) is 0 Å². The molecule has 2 aromatic rings. The van der Waals surface area contributed by atoms with Crippen LogP contribution in [0.4, 0.5) is 11.4 Å². The topological polar surface area (TPSA) is 46.0 Å². The lowest BCUT2D eigenvalue weighted by Gasteiger charge is -2.34. The van der Waals surface area contributed by atoms with Gasteiger partial charge in [0.1, 0.15) is 5.75 Å². The minimum Gasteiger partial charge on any atom is -0.495 e. The average molecular weight is 354 g/mol. The van der Waals surface area contributed by atoms with Crippen molar-refractivity contribution in [1.29, 1.82) is 0 Å². The molecule has 1 aliphatic rings. The molecule has 0 radical (unpaired) electrons. The van der Waals surface area contributed by atoms with Gasteiger partial charge in [0.25, 0.3) is 0 Å². The number of hydrogen-bond donors (Lipinski definition) is 2. The van der Waals surface area contributed by atoms with Crippen LogP contribution in [0.15, 0.2) is 48.5 Å².